The molecule has 6 N–H and O–H groups in total. The number of hydrogen-bond donors (Lipinski definition) is 4. The summed E-state index contributed by atoms with van der Waals surface area (Å²) in [5, 5.41) is 0.0543. The van der Waals surface area contributed by atoms with Crippen LogP contribution in [0.4, 0.5) is 0 Å². The van der Waals surface area contributed by atoms with Gasteiger partial charge in [0.05, 0.1) is 14.8 Å². The SMILES string of the molecule is NC1=NC(N)(c2ccc(S(=O)(=O)c3ccccc3)c(Cl)c2)NN1. The van der Waals surface area contributed by atoms with Gasteiger partial charge in [-0.2, -0.15) is 5.43 Å². The number of guanidine groups is 1. The number of hydrogen-bond acceptors (Lipinski definition) is 7. The fourth-order valence-electron chi connectivity index (χ4n) is 2.22. The number of aliphatic imine (C=N–C) groups is 1. The van der Waals surface area contributed by atoms with Gasteiger partial charge >= 0.3 is 0 Å². The van der Waals surface area contributed by atoms with Crippen LogP contribution in [0.1, 0.15) is 5.56 Å². The summed E-state index contributed by atoms with van der Waals surface area (Å²) >= 11 is 6.18. The van der Waals surface area contributed by atoms with Crippen LogP contribution in [0, 0.1) is 0 Å². The lowest BCUT2D eigenvalue weighted by Gasteiger charge is -2.21. The van der Waals surface area contributed by atoms with E-state index in [1.54, 1.807) is 24.3 Å². The first-order chi connectivity index (χ1) is 10.8. The molecule has 1 heterocycles. The van der Waals surface area contributed by atoms with Crippen LogP contribution < -0.4 is 22.3 Å². The molecule has 0 saturated heterocycles. The molecule has 1 atom stereocenters. The van der Waals surface area contributed by atoms with Crippen molar-refractivity contribution < 1.29 is 8.42 Å². The van der Waals surface area contributed by atoms with Crippen LogP contribution in [-0.4, -0.2) is 14.4 Å². The Morgan fingerprint density at radius 1 is 1.13 bits per heavy atom. The molecule has 7 nitrogen and oxygen atoms in total. The smallest absolute Gasteiger partial charge is 0.209 e. The van der Waals surface area contributed by atoms with E-state index in [1.165, 1.54) is 24.3 Å². The monoisotopic (exact) mass is 351 g/mol. The Kier molecular flexibility index (Phi) is 3.77. The summed E-state index contributed by atoms with van der Waals surface area (Å²) in [6.07, 6.45) is 0. The van der Waals surface area contributed by atoms with E-state index in [0.717, 1.165) is 0 Å². The maximum absolute atomic E-state index is 12.6. The molecule has 1 aliphatic heterocycles. The maximum Gasteiger partial charge on any atom is 0.209 e. The average molecular weight is 352 g/mol. The second-order valence-corrected chi connectivity index (χ2v) is 7.30. The van der Waals surface area contributed by atoms with Crippen molar-refractivity contribution in [3.63, 3.8) is 0 Å². The molecule has 0 aromatic heterocycles. The average Bonchev–Trinajstić information content (AvgIpc) is 2.88. The molecule has 1 aliphatic rings. The summed E-state index contributed by atoms with van der Waals surface area (Å²) in [6, 6.07) is 12.5. The van der Waals surface area contributed by atoms with Crippen molar-refractivity contribution in [1.82, 2.24) is 10.9 Å². The molecule has 2 aromatic carbocycles. The van der Waals surface area contributed by atoms with Crippen LogP contribution >= 0.6 is 11.6 Å². The Morgan fingerprint density at radius 2 is 1.83 bits per heavy atom. The predicted molar refractivity (Wildman–Crippen MR) is 87.1 cm³/mol. The van der Waals surface area contributed by atoms with Crippen molar-refractivity contribution in [1.29, 1.82) is 0 Å². The number of nitrogens with zero attached hydrogens (tertiary/aromatic N) is 1. The Hall–Kier alpha value is -2.13. The third-order valence-corrected chi connectivity index (χ3v) is 5.65. The van der Waals surface area contributed by atoms with Crippen LogP contribution in [0.3, 0.4) is 0 Å². The molecule has 1 unspecified atom stereocenters. The van der Waals surface area contributed by atoms with Gasteiger partial charge in [0, 0.05) is 5.56 Å². The summed E-state index contributed by atoms with van der Waals surface area (Å²) in [5.74, 6) is -1.17. The lowest BCUT2D eigenvalue weighted by Crippen LogP contribution is -2.50. The van der Waals surface area contributed by atoms with Gasteiger partial charge < -0.3 is 5.73 Å². The fraction of sp³-hybridized carbons (Fsp3) is 0.0714. The molecule has 0 radical (unpaired) electrons. The lowest BCUT2D eigenvalue weighted by molar-refractivity contribution is 0.375. The quantitative estimate of drug-likeness (QED) is 0.644. The highest BCUT2D eigenvalue weighted by molar-refractivity contribution is 7.91. The van der Waals surface area contributed by atoms with Gasteiger partial charge in [0.25, 0.3) is 0 Å². The number of benzene rings is 2. The van der Waals surface area contributed by atoms with E-state index in [1.807, 2.05) is 0 Å². The van der Waals surface area contributed by atoms with Crippen molar-refractivity contribution in [3.8, 4) is 0 Å². The van der Waals surface area contributed by atoms with Crippen LogP contribution in [0.5, 0.6) is 0 Å². The Balaban J connectivity index is 2.04. The second-order valence-electron chi connectivity index (χ2n) is 4.98. The molecule has 0 bridgehead atoms. The number of nitrogens with one attached hydrogen (secondary N) is 2. The van der Waals surface area contributed by atoms with Crippen LogP contribution in [0.15, 0.2) is 63.3 Å². The van der Waals surface area contributed by atoms with E-state index in [-0.39, 0.29) is 20.8 Å². The highest BCUT2D eigenvalue weighted by Crippen LogP contribution is 2.31. The van der Waals surface area contributed by atoms with Crippen molar-refractivity contribution >= 4 is 27.4 Å². The normalized spacial score (nSPS) is 20.9. The van der Waals surface area contributed by atoms with Crippen LogP contribution in [-0.2, 0) is 15.6 Å². The molecule has 23 heavy (non-hydrogen) atoms. The van der Waals surface area contributed by atoms with Crippen molar-refractivity contribution in [2.75, 3.05) is 0 Å². The van der Waals surface area contributed by atoms with E-state index >= 15 is 0 Å². The predicted octanol–water partition coefficient (Wildman–Crippen LogP) is 0.664. The summed E-state index contributed by atoms with van der Waals surface area (Å²) in [7, 11) is -3.71. The van der Waals surface area contributed by atoms with E-state index < -0.39 is 15.6 Å². The molecule has 120 valence electrons. The fourth-order valence-corrected chi connectivity index (χ4v) is 4.04. The van der Waals surface area contributed by atoms with Crippen LogP contribution in [0.2, 0.25) is 5.02 Å². The van der Waals surface area contributed by atoms with Gasteiger partial charge in [-0.3, -0.25) is 11.2 Å². The number of nitrogens with two attached hydrogens (primary N) is 2. The van der Waals surface area contributed by atoms with E-state index in [2.05, 4.69) is 15.8 Å². The van der Waals surface area contributed by atoms with Gasteiger partial charge in [-0.15, -0.1) is 0 Å². The van der Waals surface area contributed by atoms with Crippen molar-refractivity contribution in [3.05, 3.63) is 59.1 Å². The topological polar surface area (TPSA) is 123 Å². The molecular formula is C14H14ClN5O2S. The third-order valence-electron chi connectivity index (χ3n) is 3.39. The molecule has 0 spiro atoms. The van der Waals surface area contributed by atoms with Gasteiger partial charge in [-0.1, -0.05) is 35.9 Å². The first-order valence-electron chi connectivity index (χ1n) is 6.60. The molecule has 0 saturated carbocycles. The summed E-state index contributed by atoms with van der Waals surface area (Å²) < 4.78 is 25.3. The number of rotatable bonds is 3. The number of halogens is 1. The standard InChI is InChI=1S/C14H14ClN5O2S/c15-11-8-9(14(17)18-13(16)19-20-14)6-7-12(11)23(21,22)10-4-2-1-3-5-10/h1-8,20H,17H2,(H3,16,18,19). The van der Waals surface area contributed by atoms with Gasteiger partial charge in [-0.25, -0.2) is 13.4 Å². The van der Waals surface area contributed by atoms with Crippen molar-refractivity contribution in [2.24, 2.45) is 16.5 Å². The molecule has 9 heteroatoms. The van der Waals surface area contributed by atoms with E-state index in [4.69, 9.17) is 23.1 Å². The zero-order valence-corrected chi connectivity index (χ0v) is 13.4. The second kappa shape index (κ2) is 5.50. The number of hydrazine groups is 1. The largest absolute Gasteiger partial charge is 0.369 e. The van der Waals surface area contributed by atoms with E-state index in [9.17, 15) is 8.42 Å². The summed E-state index contributed by atoms with van der Waals surface area (Å²) in [6.45, 7) is 0. The van der Waals surface area contributed by atoms with Gasteiger partial charge in [-0.05, 0) is 24.3 Å². The zero-order chi connectivity index (χ0) is 16.7. The third kappa shape index (κ3) is 2.77. The first kappa shape index (κ1) is 15.8. The zero-order valence-electron chi connectivity index (χ0n) is 11.8. The summed E-state index contributed by atoms with van der Waals surface area (Å²) in [5.41, 5.74) is 17.4. The van der Waals surface area contributed by atoms with E-state index in [0.29, 0.717) is 5.56 Å². The van der Waals surface area contributed by atoms with Gasteiger partial charge in [0.1, 0.15) is 0 Å². The highest BCUT2D eigenvalue weighted by Gasteiger charge is 2.33. The highest BCUT2D eigenvalue weighted by atomic mass is 35.5. The van der Waals surface area contributed by atoms with Gasteiger partial charge in [0.15, 0.2) is 0 Å². The minimum atomic E-state index is -3.71. The minimum Gasteiger partial charge on any atom is -0.369 e. The Morgan fingerprint density at radius 3 is 2.39 bits per heavy atom. The Labute approximate surface area is 138 Å². The van der Waals surface area contributed by atoms with Crippen molar-refractivity contribution in [2.45, 2.75) is 15.6 Å². The Bertz CT molecular complexity index is 885. The molecule has 0 aliphatic carbocycles. The molecule has 3 rings (SSSR count). The lowest BCUT2D eigenvalue weighted by atomic mass is 10.1. The molecule has 0 amide bonds. The maximum atomic E-state index is 12.6. The van der Waals surface area contributed by atoms with Gasteiger partial charge in [0.2, 0.25) is 21.6 Å². The first-order valence-corrected chi connectivity index (χ1v) is 8.46. The molecule has 2 aromatic rings. The molecule has 0 fully saturated rings. The minimum absolute atomic E-state index is 0.000578. The van der Waals surface area contributed by atoms with Crippen LogP contribution in [0.25, 0.3) is 0 Å². The number of sulfone groups is 1. The molecular weight excluding hydrogens is 338 g/mol. The summed E-state index contributed by atoms with van der Waals surface area (Å²) in [4.78, 5) is 4.19.